The Kier molecular flexibility index (Phi) is 4.85. The van der Waals surface area contributed by atoms with Gasteiger partial charge in [0.25, 0.3) is 0 Å². The number of amides is 1. The molecule has 0 aliphatic heterocycles. The van der Waals surface area contributed by atoms with Gasteiger partial charge in [0.2, 0.25) is 5.91 Å². The first-order valence-electron chi connectivity index (χ1n) is 4.15. The topological polar surface area (TPSA) is 75.4 Å². The zero-order valence-corrected chi connectivity index (χ0v) is 7.87. The first kappa shape index (κ1) is 11.4. The van der Waals surface area contributed by atoms with Crippen molar-refractivity contribution in [3.05, 3.63) is 0 Å². The summed E-state index contributed by atoms with van der Waals surface area (Å²) in [5.41, 5.74) is 5.57. The Morgan fingerprint density at radius 2 is 2.00 bits per heavy atom. The summed E-state index contributed by atoms with van der Waals surface area (Å²) in [6.07, 6.45) is 0. The second-order valence-corrected chi connectivity index (χ2v) is 3.36. The molecular formula is C8H18N2O2. The van der Waals surface area contributed by atoms with Gasteiger partial charge < -0.3 is 16.2 Å². The van der Waals surface area contributed by atoms with E-state index < -0.39 is 6.04 Å². The van der Waals surface area contributed by atoms with Gasteiger partial charge in [0, 0.05) is 6.04 Å². The zero-order valence-electron chi connectivity index (χ0n) is 7.87. The largest absolute Gasteiger partial charge is 0.394 e. The lowest BCUT2D eigenvalue weighted by molar-refractivity contribution is -0.124. The molecule has 0 fully saturated rings. The van der Waals surface area contributed by atoms with Crippen molar-refractivity contribution in [3.63, 3.8) is 0 Å². The fourth-order valence-electron chi connectivity index (χ4n) is 0.687. The highest BCUT2D eigenvalue weighted by atomic mass is 16.3. The fraction of sp³-hybridized carbons (Fsp3) is 0.875. The second kappa shape index (κ2) is 5.11. The third-order valence-electron chi connectivity index (χ3n) is 1.68. The van der Waals surface area contributed by atoms with E-state index in [2.05, 4.69) is 5.32 Å². The molecule has 1 amide bonds. The lowest BCUT2D eigenvalue weighted by Gasteiger charge is -2.18. The van der Waals surface area contributed by atoms with Crippen LogP contribution in [0.15, 0.2) is 0 Å². The summed E-state index contributed by atoms with van der Waals surface area (Å²) in [6, 6.07) is -0.707. The number of hydrogen-bond acceptors (Lipinski definition) is 3. The summed E-state index contributed by atoms with van der Waals surface area (Å²) in [5, 5.41) is 11.2. The summed E-state index contributed by atoms with van der Waals surface area (Å²) in [5.74, 6) is -0.0811. The number of nitrogens with two attached hydrogens (primary N) is 1. The number of carbonyl (C=O) groups is 1. The van der Waals surface area contributed by atoms with E-state index in [1.807, 2.05) is 13.8 Å². The van der Waals surface area contributed by atoms with Gasteiger partial charge >= 0.3 is 0 Å². The van der Waals surface area contributed by atoms with Crippen LogP contribution >= 0.6 is 0 Å². The number of hydrogen-bond donors (Lipinski definition) is 3. The summed E-state index contributed by atoms with van der Waals surface area (Å²) in [6.45, 7) is 5.43. The van der Waals surface area contributed by atoms with Gasteiger partial charge in [0.1, 0.15) is 0 Å². The normalized spacial score (nSPS) is 15.8. The van der Waals surface area contributed by atoms with Crippen LogP contribution in [0.2, 0.25) is 0 Å². The monoisotopic (exact) mass is 174 g/mol. The van der Waals surface area contributed by atoms with Crippen LogP contribution in [-0.2, 0) is 4.79 Å². The lowest BCUT2D eigenvalue weighted by Crippen LogP contribution is -2.47. The summed E-state index contributed by atoms with van der Waals surface area (Å²) >= 11 is 0. The van der Waals surface area contributed by atoms with Gasteiger partial charge in [-0.1, -0.05) is 13.8 Å². The average Bonchev–Trinajstić information content (AvgIpc) is 2.02. The van der Waals surface area contributed by atoms with E-state index in [1.165, 1.54) is 0 Å². The second-order valence-electron chi connectivity index (χ2n) is 3.36. The Hall–Kier alpha value is -0.610. The van der Waals surface area contributed by atoms with Gasteiger partial charge in [-0.25, -0.2) is 0 Å². The summed E-state index contributed by atoms with van der Waals surface area (Å²) < 4.78 is 0. The SMILES string of the molecule is CC(C)[C@H](N)C(=O)N[C@@H](C)CO. The van der Waals surface area contributed by atoms with Crippen molar-refractivity contribution < 1.29 is 9.90 Å². The minimum Gasteiger partial charge on any atom is -0.394 e. The molecule has 0 aliphatic rings. The zero-order chi connectivity index (χ0) is 9.72. The Morgan fingerprint density at radius 1 is 1.50 bits per heavy atom. The van der Waals surface area contributed by atoms with E-state index in [1.54, 1.807) is 6.92 Å². The van der Waals surface area contributed by atoms with Crippen LogP contribution in [0.1, 0.15) is 20.8 Å². The third-order valence-corrected chi connectivity index (χ3v) is 1.68. The van der Waals surface area contributed by atoms with Crippen molar-refractivity contribution >= 4 is 5.91 Å². The van der Waals surface area contributed by atoms with Crippen LogP contribution in [0, 0.1) is 5.92 Å². The minimum atomic E-state index is -0.487. The number of nitrogens with one attached hydrogen (secondary N) is 1. The summed E-state index contributed by atoms with van der Waals surface area (Å²) in [7, 11) is 0. The third kappa shape index (κ3) is 3.69. The van der Waals surface area contributed by atoms with Crippen molar-refractivity contribution in [2.24, 2.45) is 11.7 Å². The maximum absolute atomic E-state index is 11.2. The number of carbonyl (C=O) groups excluding carboxylic acids is 1. The van der Waals surface area contributed by atoms with Crippen molar-refractivity contribution in [2.45, 2.75) is 32.9 Å². The molecule has 0 bridgehead atoms. The maximum Gasteiger partial charge on any atom is 0.237 e. The Bertz CT molecular complexity index is 148. The van der Waals surface area contributed by atoms with Crippen LogP contribution < -0.4 is 11.1 Å². The highest BCUT2D eigenvalue weighted by molar-refractivity contribution is 5.81. The van der Waals surface area contributed by atoms with E-state index in [0.29, 0.717) is 0 Å². The van der Waals surface area contributed by atoms with Crippen LogP contribution in [0.3, 0.4) is 0 Å². The molecule has 4 N–H and O–H groups in total. The number of aliphatic hydroxyl groups excluding tert-OH is 1. The molecule has 4 nitrogen and oxygen atoms in total. The minimum absolute atomic E-state index is 0.0590. The van der Waals surface area contributed by atoms with E-state index >= 15 is 0 Å². The Balaban J connectivity index is 3.87. The molecule has 0 aromatic heterocycles. The molecule has 0 radical (unpaired) electrons. The van der Waals surface area contributed by atoms with Gasteiger partial charge in [-0.3, -0.25) is 4.79 Å². The van der Waals surface area contributed by atoms with Crippen molar-refractivity contribution in [2.75, 3.05) is 6.61 Å². The first-order chi connectivity index (χ1) is 5.49. The van der Waals surface area contributed by atoms with Crippen molar-refractivity contribution in [3.8, 4) is 0 Å². The van der Waals surface area contributed by atoms with Crippen LogP contribution in [-0.4, -0.2) is 29.7 Å². The molecule has 0 rings (SSSR count). The number of rotatable bonds is 4. The predicted molar refractivity (Wildman–Crippen MR) is 47.5 cm³/mol. The molecule has 0 unspecified atom stereocenters. The highest BCUT2D eigenvalue weighted by Crippen LogP contribution is 1.98. The molecule has 0 aromatic carbocycles. The van der Waals surface area contributed by atoms with Gasteiger partial charge in [-0.05, 0) is 12.8 Å². The lowest BCUT2D eigenvalue weighted by atomic mass is 10.0. The molecule has 0 saturated carbocycles. The van der Waals surface area contributed by atoms with Crippen LogP contribution in [0.5, 0.6) is 0 Å². The molecule has 0 spiro atoms. The molecule has 0 heterocycles. The summed E-state index contributed by atoms with van der Waals surface area (Å²) in [4.78, 5) is 11.2. The van der Waals surface area contributed by atoms with Gasteiger partial charge in [0.15, 0.2) is 0 Å². The van der Waals surface area contributed by atoms with E-state index in [-0.39, 0.29) is 24.5 Å². The molecule has 72 valence electrons. The average molecular weight is 174 g/mol. The van der Waals surface area contributed by atoms with Gasteiger partial charge in [-0.2, -0.15) is 0 Å². The molecule has 4 heteroatoms. The Labute approximate surface area is 73.1 Å². The first-order valence-corrected chi connectivity index (χ1v) is 4.15. The number of aliphatic hydroxyl groups is 1. The van der Waals surface area contributed by atoms with Crippen LogP contribution in [0.25, 0.3) is 0 Å². The maximum atomic E-state index is 11.2. The van der Waals surface area contributed by atoms with Crippen molar-refractivity contribution in [1.82, 2.24) is 5.32 Å². The molecule has 0 aliphatic carbocycles. The van der Waals surface area contributed by atoms with E-state index in [9.17, 15) is 4.79 Å². The van der Waals surface area contributed by atoms with Crippen molar-refractivity contribution in [1.29, 1.82) is 0 Å². The standard InChI is InChI=1S/C8H18N2O2/c1-5(2)7(9)8(12)10-6(3)4-11/h5-7,11H,4,9H2,1-3H3,(H,10,12)/t6-,7-/m0/s1. The molecule has 0 aromatic rings. The molecule has 2 atom stereocenters. The van der Waals surface area contributed by atoms with Gasteiger partial charge in [-0.15, -0.1) is 0 Å². The molecule has 0 saturated heterocycles. The predicted octanol–water partition coefficient (Wildman–Crippen LogP) is -0.533. The van der Waals surface area contributed by atoms with Crippen LogP contribution in [0.4, 0.5) is 0 Å². The molecular weight excluding hydrogens is 156 g/mol. The van der Waals surface area contributed by atoms with E-state index in [0.717, 1.165) is 0 Å². The smallest absolute Gasteiger partial charge is 0.237 e. The fourth-order valence-corrected chi connectivity index (χ4v) is 0.687. The van der Waals surface area contributed by atoms with E-state index in [4.69, 9.17) is 10.8 Å². The van der Waals surface area contributed by atoms with Gasteiger partial charge in [0.05, 0.1) is 12.6 Å². The Morgan fingerprint density at radius 3 is 2.33 bits per heavy atom. The molecule has 12 heavy (non-hydrogen) atoms. The quantitative estimate of drug-likeness (QED) is 0.536. The highest BCUT2D eigenvalue weighted by Gasteiger charge is 2.17.